The molecule has 0 saturated heterocycles. The third kappa shape index (κ3) is 3.25. The van der Waals surface area contributed by atoms with Crippen LogP contribution in [0.1, 0.15) is 45.9 Å². The molecule has 0 aliphatic rings. The summed E-state index contributed by atoms with van der Waals surface area (Å²) in [6, 6.07) is 0.285. The van der Waals surface area contributed by atoms with Gasteiger partial charge < -0.3 is 10.1 Å². The molecule has 1 aromatic rings. The Kier molecular flexibility index (Phi) is 5.66. The van der Waals surface area contributed by atoms with Crippen LogP contribution in [0.3, 0.4) is 0 Å². The van der Waals surface area contributed by atoms with Gasteiger partial charge in [-0.05, 0) is 24.8 Å². The lowest BCUT2D eigenvalue weighted by Crippen LogP contribution is -2.32. The number of aryl methyl sites for hydroxylation is 1. The Morgan fingerprint density at radius 3 is 2.56 bits per heavy atom. The number of nitrogens with one attached hydrogen (secondary N) is 1. The zero-order valence-electron chi connectivity index (χ0n) is 12.5. The highest BCUT2D eigenvalue weighted by Crippen LogP contribution is 2.33. The molecule has 0 radical (unpaired) electrons. The van der Waals surface area contributed by atoms with E-state index in [1.807, 2.05) is 11.7 Å². The van der Waals surface area contributed by atoms with Crippen molar-refractivity contribution in [2.45, 2.75) is 40.2 Å². The molecule has 104 valence electrons. The van der Waals surface area contributed by atoms with Crippen molar-refractivity contribution in [3.63, 3.8) is 0 Å². The van der Waals surface area contributed by atoms with Gasteiger partial charge in [0.1, 0.15) is 0 Å². The number of hydrogen-bond donors (Lipinski definition) is 1. The quantitative estimate of drug-likeness (QED) is 0.812. The predicted octanol–water partition coefficient (Wildman–Crippen LogP) is 2.76. The molecule has 4 nitrogen and oxygen atoms in total. The minimum absolute atomic E-state index is 0.285. The molecule has 1 heterocycles. The molecule has 0 amide bonds. The van der Waals surface area contributed by atoms with Crippen LogP contribution in [0, 0.1) is 11.8 Å². The minimum Gasteiger partial charge on any atom is -0.493 e. The molecule has 4 heteroatoms. The first kappa shape index (κ1) is 15.0. The number of hydrogen-bond acceptors (Lipinski definition) is 3. The van der Waals surface area contributed by atoms with Gasteiger partial charge in [-0.2, -0.15) is 5.10 Å². The molecule has 2 unspecified atom stereocenters. The average molecular weight is 253 g/mol. The van der Waals surface area contributed by atoms with Crippen LogP contribution in [0.15, 0.2) is 6.20 Å². The number of aromatic nitrogens is 2. The molecule has 0 spiro atoms. The molecule has 18 heavy (non-hydrogen) atoms. The number of rotatable bonds is 7. The first-order valence-electron chi connectivity index (χ1n) is 6.82. The van der Waals surface area contributed by atoms with E-state index in [2.05, 4.69) is 38.1 Å². The van der Waals surface area contributed by atoms with Crippen molar-refractivity contribution in [2.24, 2.45) is 18.9 Å². The van der Waals surface area contributed by atoms with Crippen LogP contribution in [-0.2, 0) is 7.05 Å². The van der Waals surface area contributed by atoms with Gasteiger partial charge in [0, 0.05) is 7.05 Å². The van der Waals surface area contributed by atoms with E-state index in [4.69, 9.17) is 4.74 Å². The van der Waals surface area contributed by atoms with Gasteiger partial charge >= 0.3 is 0 Å². The highest BCUT2D eigenvalue weighted by atomic mass is 16.5. The maximum atomic E-state index is 5.43. The van der Waals surface area contributed by atoms with E-state index >= 15 is 0 Å². The summed E-state index contributed by atoms with van der Waals surface area (Å²) in [6.45, 7) is 9.99. The fraction of sp³-hybridized carbons (Fsp3) is 0.786. The Morgan fingerprint density at radius 1 is 1.39 bits per heavy atom. The Morgan fingerprint density at radius 2 is 2.06 bits per heavy atom. The number of methoxy groups -OCH3 is 1. The SMILES string of the molecule is CCCNC(c1c(OC)cnn1C)C(C)C(C)C. The highest BCUT2D eigenvalue weighted by molar-refractivity contribution is 5.28. The molecule has 0 aromatic carbocycles. The van der Waals surface area contributed by atoms with Crippen molar-refractivity contribution in [1.82, 2.24) is 15.1 Å². The van der Waals surface area contributed by atoms with Crippen molar-refractivity contribution in [3.05, 3.63) is 11.9 Å². The smallest absolute Gasteiger partial charge is 0.161 e. The standard InChI is InChI=1S/C14H27N3O/c1-7-8-15-13(11(4)10(2)3)14-12(18-6)9-16-17(14)5/h9-11,13,15H,7-8H2,1-6H3. The monoisotopic (exact) mass is 253 g/mol. The van der Waals surface area contributed by atoms with Gasteiger partial charge in [-0.15, -0.1) is 0 Å². The van der Waals surface area contributed by atoms with Gasteiger partial charge in [0.25, 0.3) is 0 Å². The fourth-order valence-electron chi connectivity index (χ4n) is 2.15. The van der Waals surface area contributed by atoms with Crippen LogP contribution >= 0.6 is 0 Å². The lowest BCUT2D eigenvalue weighted by Gasteiger charge is -2.28. The second-order valence-electron chi connectivity index (χ2n) is 5.26. The molecule has 1 rings (SSSR count). The van der Waals surface area contributed by atoms with E-state index in [9.17, 15) is 0 Å². The molecule has 0 saturated carbocycles. The summed E-state index contributed by atoms with van der Waals surface area (Å²) in [7, 11) is 3.68. The van der Waals surface area contributed by atoms with Crippen LogP contribution in [-0.4, -0.2) is 23.4 Å². The van der Waals surface area contributed by atoms with Gasteiger partial charge in [-0.25, -0.2) is 0 Å². The van der Waals surface area contributed by atoms with E-state index < -0.39 is 0 Å². The van der Waals surface area contributed by atoms with Crippen LogP contribution in [0.4, 0.5) is 0 Å². The van der Waals surface area contributed by atoms with Crippen molar-refractivity contribution in [2.75, 3.05) is 13.7 Å². The molecule has 0 aliphatic carbocycles. The zero-order chi connectivity index (χ0) is 13.7. The van der Waals surface area contributed by atoms with Crippen LogP contribution in [0.5, 0.6) is 5.75 Å². The summed E-state index contributed by atoms with van der Waals surface area (Å²) in [5.74, 6) is 2.01. The Bertz CT molecular complexity index is 360. The largest absolute Gasteiger partial charge is 0.493 e. The minimum atomic E-state index is 0.285. The summed E-state index contributed by atoms with van der Waals surface area (Å²) in [5, 5.41) is 7.94. The van der Waals surface area contributed by atoms with Crippen LogP contribution < -0.4 is 10.1 Å². The predicted molar refractivity (Wildman–Crippen MR) is 74.8 cm³/mol. The third-order valence-electron chi connectivity index (χ3n) is 3.66. The Hall–Kier alpha value is -1.03. The van der Waals surface area contributed by atoms with Gasteiger partial charge in [-0.3, -0.25) is 4.68 Å². The van der Waals surface area contributed by atoms with Crippen molar-refractivity contribution in [3.8, 4) is 5.75 Å². The highest BCUT2D eigenvalue weighted by Gasteiger charge is 2.27. The molecule has 2 atom stereocenters. The van der Waals surface area contributed by atoms with Gasteiger partial charge in [-0.1, -0.05) is 27.7 Å². The van der Waals surface area contributed by atoms with E-state index in [1.54, 1.807) is 13.3 Å². The molecular formula is C14H27N3O. The topological polar surface area (TPSA) is 39.1 Å². The van der Waals surface area contributed by atoms with Crippen molar-refractivity contribution in [1.29, 1.82) is 0 Å². The van der Waals surface area contributed by atoms with Gasteiger partial charge in [0.15, 0.2) is 5.75 Å². The Balaban J connectivity index is 3.04. The maximum Gasteiger partial charge on any atom is 0.161 e. The van der Waals surface area contributed by atoms with Crippen LogP contribution in [0.25, 0.3) is 0 Å². The lowest BCUT2D eigenvalue weighted by molar-refractivity contribution is 0.283. The van der Waals surface area contributed by atoms with Crippen molar-refractivity contribution >= 4 is 0 Å². The number of ether oxygens (including phenoxy) is 1. The molecule has 0 fully saturated rings. The molecular weight excluding hydrogens is 226 g/mol. The first-order chi connectivity index (χ1) is 8.52. The van der Waals surface area contributed by atoms with E-state index in [-0.39, 0.29) is 6.04 Å². The lowest BCUT2D eigenvalue weighted by atomic mass is 9.88. The summed E-state index contributed by atoms with van der Waals surface area (Å²) in [4.78, 5) is 0. The second-order valence-corrected chi connectivity index (χ2v) is 5.26. The van der Waals surface area contributed by atoms with Gasteiger partial charge in [0.2, 0.25) is 0 Å². The summed E-state index contributed by atoms with van der Waals surface area (Å²) in [5.41, 5.74) is 1.15. The van der Waals surface area contributed by atoms with E-state index in [0.29, 0.717) is 11.8 Å². The second kappa shape index (κ2) is 6.78. The van der Waals surface area contributed by atoms with E-state index in [0.717, 1.165) is 24.4 Å². The first-order valence-corrected chi connectivity index (χ1v) is 6.82. The fourth-order valence-corrected chi connectivity index (χ4v) is 2.15. The molecule has 0 aliphatic heterocycles. The summed E-state index contributed by atoms with van der Waals surface area (Å²) >= 11 is 0. The van der Waals surface area contributed by atoms with E-state index in [1.165, 1.54) is 0 Å². The summed E-state index contributed by atoms with van der Waals surface area (Å²) < 4.78 is 7.36. The molecule has 0 bridgehead atoms. The average Bonchev–Trinajstić information content (AvgIpc) is 2.71. The number of nitrogens with zero attached hydrogens (tertiary/aromatic N) is 2. The Labute approximate surface area is 111 Å². The van der Waals surface area contributed by atoms with Gasteiger partial charge in [0.05, 0.1) is 25.0 Å². The molecule has 1 N–H and O–H groups in total. The summed E-state index contributed by atoms with van der Waals surface area (Å²) in [6.07, 6.45) is 2.92. The zero-order valence-corrected chi connectivity index (χ0v) is 12.5. The molecule has 1 aromatic heterocycles. The maximum absolute atomic E-state index is 5.43. The third-order valence-corrected chi connectivity index (χ3v) is 3.66. The van der Waals surface area contributed by atoms with Crippen molar-refractivity contribution < 1.29 is 4.74 Å². The normalized spacial score (nSPS) is 14.8. The van der Waals surface area contributed by atoms with Crippen LogP contribution in [0.2, 0.25) is 0 Å².